The molecule has 218 valence electrons. The highest BCUT2D eigenvalue weighted by molar-refractivity contribution is 6.11. The molecule has 0 saturated heterocycles. The first-order valence-corrected chi connectivity index (χ1v) is 15.7. The third-order valence-electron chi connectivity index (χ3n) is 9.40. The molecule has 2 heterocycles. The van der Waals surface area contributed by atoms with Crippen molar-refractivity contribution in [3.05, 3.63) is 163 Å². The van der Waals surface area contributed by atoms with Gasteiger partial charge in [-0.1, -0.05) is 103 Å². The number of nitrogens with two attached hydrogens (primary N) is 1. The van der Waals surface area contributed by atoms with E-state index in [0.717, 1.165) is 22.7 Å². The molecule has 8 aromatic rings. The van der Waals surface area contributed by atoms with Crippen LogP contribution >= 0.6 is 0 Å². The Hall–Kier alpha value is -6.06. The summed E-state index contributed by atoms with van der Waals surface area (Å²) < 4.78 is 2.36. The number of aromatic nitrogens is 1. The number of para-hydroxylation sites is 5. The van der Waals surface area contributed by atoms with Gasteiger partial charge in [-0.05, 0) is 89.3 Å². The highest BCUT2D eigenvalue weighted by atomic mass is 15.2. The van der Waals surface area contributed by atoms with E-state index in [4.69, 9.17) is 5.73 Å². The van der Waals surface area contributed by atoms with E-state index in [1.807, 2.05) is 12.1 Å². The van der Waals surface area contributed by atoms with E-state index in [-0.39, 0.29) is 0 Å². The Labute approximate surface area is 268 Å². The van der Waals surface area contributed by atoms with Gasteiger partial charge < -0.3 is 15.2 Å². The third kappa shape index (κ3) is 3.92. The fourth-order valence-corrected chi connectivity index (χ4v) is 7.32. The van der Waals surface area contributed by atoms with Crippen LogP contribution in [0, 0.1) is 6.92 Å². The summed E-state index contributed by atoms with van der Waals surface area (Å²) in [6.07, 6.45) is 0. The third-order valence-corrected chi connectivity index (χ3v) is 9.40. The molecule has 0 amide bonds. The zero-order valence-corrected chi connectivity index (χ0v) is 25.5. The van der Waals surface area contributed by atoms with Crippen molar-refractivity contribution in [3.8, 4) is 39.1 Å². The second-order valence-corrected chi connectivity index (χ2v) is 12.1. The number of hydrogen-bond donors (Lipinski definition) is 1. The van der Waals surface area contributed by atoms with E-state index in [1.165, 1.54) is 66.4 Å². The number of hydrogen-bond acceptors (Lipinski definition) is 2. The molecule has 3 heteroatoms. The van der Waals surface area contributed by atoms with Crippen LogP contribution in [0.15, 0.2) is 158 Å². The molecule has 9 rings (SSSR count). The van der Waals surface area contributed by atoms with Gasteiger partial charge in [0, 0.05) is 27.6 Å². The first-order valence-electron chi connectivity index (χ1n) is 15.7. The average molecular weight is 590 g/mol. The Balaban J connectivity index is 1.30. The zero-order chi connectivity index (χ0) is 30.8. The van der Waals surface area contributed by atoms with Crippen molar-refractivity contribution >= 4 is 44.6 Å². The van der Waals surface area contributed by atoms with Gasteiger partial charge in [-0.3, -0.25) is 0 Å². The highest BCUT2D eigenvalue weighted by Gasteiger charge is 2.28. The molecule has 0 unspecified atom stereocenters. The predicted molar refractivity (Wildman–Crippen MR) is 194 cm³/mol. The normalized spacial score (nSPS) is 12.1. The quantitative estimate of drug-likeness (QED) is 0.208. The summed E-state index contributed by atoms with van der Waals surface area (Å²) in [6, 6.07) is 56.6. The summed E-state index contributed by atoms with van der Waals surface area (Å²) in [5.41, 5.74) is 22.7. The van der Waals surface area contributed by atoms with Crippen LogP contribution in [-0.4, -0.2) is 4.57 Å². The van der Waals surface area contributed by atoms with Crippen molar-refractivity contribution < 1.29 is 0 Å². The Bertz CT molecular complexity index is 2450. The summed E-state index contributed by atoms with van der Waals surface area (Å²) in [5.74, 6) is 0. The van der Waals surface area contributed by atoms with Gasteiger partial charge >= 0.3 is 0 Å². The van der Waals surface area contributed by atoms with Crippen LogP contribution in [-0.2, 0) is 0 Å². The second-order valence-electron chi connectivity index (χ2n) is 12.1. The molecule has 7 aromatic carbocycles. The van der Waals surface area contributed by atoms with Crippen molar-refractivity contribution in [2.75, 3.05) is 10.6 Å². The molecule has 1 aromatic heterocycles. The smallest absolute Gasteiger partial charge is 0.0691 e. The van der Waals surface area contributed by atoms with Crippen LogP contribution in [0.5, 0.6) is 0 Å². The zero-order valence-electron chi connectivity index (χ0n) is 25.5. The molecule has 3 nitrogen and oxygen atoms in total. The molecule has 1 aliphatic rings. The molecule has 0 fully saturated rings. The van der Waals surface area contributed by atoms with Crippen LogP contribution in [0.3, 0.4) is 0 Å². The maximum Gasteiger partial charge on any atom is 0.0691 e. The highest BCUT2D eigenvalue weighted by Crippen LogP contribution is 2.53. The fraction of sp³-hybridized carbons (Fsp3) is 0.0233. The lowest BCUT2D eigenvalue weighted by Gasteiger charge is -2.30. The minimum absolute atomic E-state index is 0.748. The summed E-state index contributed by atoms with van der Waals surface area (Å²) in [4.78, 5) is 2.36. The van der Waals surface area contributed by atoms with Gasteiger partial charge in [-0.25, -0.2) is 0 Å². The van der Waals surface area contributed by atoms with Crippen molar-refractivity contribution in [2.24, 2.45) is 0 Å². The minimum Gasteiger partial charge on any atom is -0.397 e. The van der Waals surface area contributed by atoms with Crippen LogP contribution in [0.2, 0.25) is 0 Å². The van der Waals surface area contributed by atoms with E-state index in [0.29, 0.717) is 0 Å². The van der Waals surface area contributed by atoms with E-state index in [2.05, 4.69) is 162 Å². The summed E-state index contributed by atoms with van der Waals surface area (Å²) in [7, 11) is 0. The SMILES string of the molecule is Cc1cccc2c1N(c1ccccc1N)c1ccc(-c3ccc4c(c3)c3ccccc3n4-c3ccccc3)cc1-c1ccccc1-2. The molecule has 0 radical (unpaired) electrons. The molecule has 0 bridgehead atoms. The van der Waals surface area contributed by atoms with Crippen LogP contribution < -0.4 is 10.6 Å². The molecular formula is C43H31N3. The van der Waals surface area contributed by atoms with Gasteiger partial charge in [-0.15, -0.1) is 0 Å². The van der Waals surface area contributed by atoms with Crippen molar-refractivity contribution in [1.29, 1.82) is 0 Å². The summed E-state index contributed by atoms with van der Waals surface area (Å²) in [6.45, 7) is 2.19. The Kier molecular flexibility index (Phi) is 5.87. The van der Waals surface area contributed by atoms with Crippen molar-refractivity contribution in [3.63, 3.8) is 0 Å². The van der Waals surface area contributed by atoms with Crippen LogP contribution in [0.4, 0.5) is 22.7 Å². The fourth-order valence-electron chi connectivity index (χ4n) is 7.32. The van der Waals surface area contributed by atoms with Gasteiger partial charge in [0.15, 0.2) is 0 Å². The standard InChI is InChI=1S/C43H31N3/c1-28-12-11-18-35-32-15-5-6-16-33(32)36-26-29(23-25-41(36)46(43(28)35)42-21-10-8-19-38(42)44)30-22-24-40-37(27-30)34-17-7-9-20-39(34)45(40)31-13-3-2-4-14-31/h2-27H,44H2,1H3. The van der Waals surface area contributed by atoms with E-state index >= 15 is 0 Å². The predicted octanol–water partition coefficient (Wildman–Crippen LogP) is 11.5. The van der Waals surface area contributed by atoms with Gasteiger partial charge in [0.2, 0.25) is 0 Å². The maximum absolute atomic E-state index is 6.69. The van der Waals surface area contributed by atoms with Gasteiger partial charge in [0.05, 0.1) is 33.8 Å². The number of nitrogen functional groups attached to an aromatic ring is 1. The molecule has 1 aliphatic heterocycles. The van der Waals surface area contributed by atoms with Gasteiger partial charge in [0.25, 0.3) is 0 Å². The Morgan fingerprint density at radius 2 is 1.11 bits per heavy atom. The summed E-state index contributed by atoms with van der Waals surface area (Å²) in [5, 5.41) is 2.49. The lowest BCUT2D eigenvalue weighted by Crippen LogP contribution is -2.14. The summed E-state index contributed by atoms with van der Waals surface area (Å²) >= 11 is 0. The largest absolute Gasteiger partial charge is 0.397 e. The Morgan fingerprint density at radius 1 is 0.457 bits per heavy atom. The first kappa shape index (κ1) is 26.4. The Morgan fingerprint density at radius 3 is 1.96 bits per heavy atom. The molecule has 0 aliphatic carbocycles. The number of rotatable bonds is 3. The minimum atomic E-state index is 0.748. The molecule has 46 heavy (non-hydrogen) atoms. The topological polar surface area (TPSA) is 34.2 Å². The van der Waals surface area contributed by atoms with Crippen LogP contribution in [0.25, 0.3) is 60.9 Å². The first-order chi connectivity index (χ1) is 22.7. The van der Waals surface area contributed by atoms with E-state index in [9.17, 15) is 0 Å². The molecule has 0 spiro atoms. The van der Waals surface area contributed by atoms with Crippen molar-refractivity contribution in [2.45, 2.75) is 6.92 Å². The number of aryl methyl sites for hydroxylation is 1. The van der Waals surface area contributed by atoms with Gasteiger partial charge in [0.1, 0.15) is 0 Å². The number of fused-ring (bicyclic) bond motifs is 8. The van der Waals surface area contributed by atoms with E-state index in [1.54, 1.807) is 0 Å². The van der Waals surface area contributed by atoms with Crippen LogP contribution in [0.1, 0.15) is 5.56 Å². The lowest BCUT2D eigenvalue weighted by atomic mass is 9.92. The molecule has 0 atom stereocenters. The lowest BCUT2D eigenvalue weighted by molar-refractivity contribution is 1.18. The molecule has 0 saturated carbocycles. The average Bonchev–Trinajstić information content (AvgIpc) is 3.37. The van der Waals surface area contributed by atoms with E-state index < -0.39 is 0 Å². The number of anilines is 4. The number of nitrogens with zero attached hydrogens (tertiary/aromatic N) is 2. The van der Waals surface area contributed by atoms with Gasteiger partial charge in [-0.2, -0.15) is 0 Å². The molecule has 2 N–H and O–H groups in total. The second kappa shape index (κ2) is 10.3. The monoisotopic (exact) mass is 589 g/mol. The van der Waals surface area contributed by atoms with Crippen molar-refractivity contribution in [1.82, 2.24) is 4.57 Å². The number of benzene rings is 7. The maximum atomic E-state index is 6.69. The molecular weight excluding hydrogens is 558 g/mol.